The predicted octanol–water partition coefficient (Wildman–Crippen LogP) is 2.72. The number of ketones is 1. The highest BCUT2D eigenvalue weighted by Gasteiger charge is 2.49. The molecule has 1 aliphatic carbocycles. The molecule has 0 bridgehead atoms. The van der Waals surface area contributed by atoms with Gasteiger partial charge in [0.05, 0.1) is 12.5 Å². The lowest BCUT2D eigenvalue weighted by atomic mass is 9.79. The van der Waals surface area contributed by atoms with E-state index >= 15 is 0 Å². The first-order valence-corrected chi connectivity index (χ1v) is 7.93. The maximum Gasteiger partial charge on any atom is 0.319 e. The zero-order chi connectivity index (χ0) is 17.0. The number of carbonyl (C=O) groups excluding carboxylic acids is 2. The van der Waals surface area contributed by atoms with Gasteiger partial charge < -0.3 is 9.84 Å². The second-order valence-electron chi connectivity index (χ2n) is 6.06. The summed E-state index contributed by atoms with van der Waals surface area (Å²) in [6.45, 7) is 3.61. The zero-order valence-electron chi connectivity index (χ0n) is 13.5. The van der Waals surface area contributed by atoms with Crippen LogP contribution in [0.4, 0.5) is 0 Å². The molecule has 1 fully saturated rings. The van der Waals surface area contributed by atoms with Gasteiger partial charge >= 0.3 is 11.9 Å². The van der Waals surface area contributed by atoms with E-state index in [-0.39, 0.29) is 12.4 Å². The van der Waals surface area contributed by atoms with Crippen LogP contribution in [0.3, 0.4) is 0 Å². The van der Waals surface area contributed by atoms with Gasteiger partial charge in [-0.15, -0.1) is 0 Å². The minimum absolute atomic E-state index is 0.0565. The molecule has 0 heterocycles. The van der Waals surface area contributed by atoms with Gasteiger partial charge in [0.2, 0.25) is 0 Å². The topological polar surface area (TPSA) is 80.7 Å². The number of carboxylic acid groups (broad SMARTS) is 1. The molecule has 1 aliphatic rings. The van der Waals surface area contributed by atoms with Crippen molar-refractivity contribution in [3.05, 3.63) is 35.4 Å². The van der Waals surface area contributed by atoms with Crippen molar-refractivity contribution in [3.8, 4) is 0 Å². The summed E-state index contributed by atoms with van der Waals surface area (Å²) in [6, 6.07) is 7.07. The second kappa shape index (κ2) is 6.94. The Bertz CT molecular complexity index is 604. The molecular weight excluding hydrogens is 296 g/mol. The fourth-order valence-corrected chi connectivity index (χ4v) is 3.09. The van der Waals surface area contributed by atoms with Crippen molar-refractivity contribution in [1.82, 2.24) is 0 Å². The highest BCUT2D eigenvalue weighted by atomic mass is 16.5. The number of benzene rings is 1. The molecule has 1 aromatic rings. The van der Waals surface area contributed by atoms with E-state index in [0.717, 1.165) is 5.56 Å². The summed E-state index contributed by atoms with van der Waals surface area (Å²) in [5, 5.41) is 9.04. The van der Waals surface area contributed by atoms with Gasteiger partial charge in [0.15, 0.2) is 5.78 Å². The predicted molar refractivity (Wildman–Crippen MR) is 84.1 cm³/mol. The SMILES string of the molecule is CCOC(=O)C1(Cc2ccc(C(C)C(=O)O)cc2)CCCC1=O. The van der Waals surface area contributed by atoms with Crippen LogP contribution in [0.2, 0.25) is 0 Å². The first kappa shape index (κ1) is 17.2. The molecule has 0 aromatic heterocycles. The summed E-state index contributed by atoms with van der Waals surface area (Å²) in [7, 11) is 0. The highest BCUT2D eigenvalue weighted by molar-refractivity contribution is 6.05. The lowest BCUT2D eigenvalue weighted by molar-refractivity contribution is -0.158. The number of aliphatic carboxylic acids is 1. The van der Waals surface area contributed by atoms with E-state index in [1.807, 2.05) is 0 Å². The Morgan fingerprint density at radius 1 is 1.30 bits per heavy atom. The molecule has 0 radical (unpaired) electrons. The Morgan fingerprint density at radius 2 is 1.96 bits per heavy atom. The monoisotopic (exact) mass is 318 g/mol. The second-order valence-corrected chi connectivity index (χ2v) is 6.06. The Labute approximate surface area is 135 Å². The third kappa shape index (κ3) is 3.44. The molecule has 124 valence electrons. The summed E-state index contributed by atoms with van der Waals surface area (Å²) in [4.78, 5) is 35.6. The maximum absolute atomic E-state index is 12.3. The minimum atomic E-state index is -1.07. The Kier molecular flexibility index (Phi) is 5.19. The largest absolute Gasteiger partial charge is 0.481 e. The number of carboxylic acids is 1. The molecule has 1 saturated carbocycles. The van der Waals surface area contributed by atoms with Crippen LogP contribution in [0.25, 0.3) is 0 Å². The summed E-state index contributed by atoms with van der Waals surface area (Å²) < 4.78 is 5.13. The van der Waals surface area contributed by atoms with E-state index in [4.69, 9.17) is 9.84 Å². The molecular formula is C18H22O5. The van der Waals surface area contributed by atoms with E-state index in [0.29, 0.717) is 31.2 Å². The van der Waals surface area contributed by atoms with Crippen LogP contribution < -0.4 is 0 Å². The van der Waals surface area contributed by atoms with Crippen LogP contribution >= 0.6 is 0 Å². The quantitative estimate of drug-likeness (QED) is 0.644. The van der Waals surface area contributed by atoms with Crippen molar-refractivity contribution >= 4 is 17.7 Å². The maximum atomic E-state index is 12.3. The molecule has 2 atom stereocenters. The van der Waals surface area contributed by atoms with E-state index in [9.17, 15) is 14.4 Å². The van der Waals surface area contributed by atoms with Crippen molar-refractivity contribution in [1.29, 1.82) is 0 Å². The fraction of sp³-hybridized carbons (Fsp3) is 0.500. The molecule has 0 spiro atoms. The van der Waals surface area contributed by atoms with E-state index in [1.54, 1.807) is 38.1 Å². The van der Waals surface area contributed by atoms with Crippen molar-refractivity contribution in [2.75, 3.05) is 6.61 Å². The van der Waals surface area contributed by atoms with Crippen LogP contribution in [0, 0.1) is 5.41 Å². The van der Waals surface area contributed by atoms with Crippen molar-refractivity contribution in [3.63, 3.8) is 0 Å². The van der Waals surface area contributed by atoms with Crippen molar-refractivity contribution in [2.24, 2.45) is 5.41 Å². The first-order valence-electron chi connectivity index (χ1n) is 7.93. The molecule has 1 N–H and O–H groups in total. The number of ether oxygens (including phenoxy) is 1. The number of hydrogen-bond donors (Lipinski definition) is 1. The lowest BCUT2D eigenvalue weighted by Crippen LogP contribution is -2.39. The fourth-order valence-electron chi connectivity index (χ4n) is 3.09. The molecule has 5 heteroatoms. The van der Waals surface area contributed by atoms with E-state index in [1.165, 1.54) is 0 Å². The summed E-state index contributed by atoms with van der Waals surface area (Å²) >= 11 is 0. The van der Waals surface area contributed by atoms with Gasteiger partial charge in [-0.3, -0.25) is 14.4 Å². The van der Waals surface area contributed by atoms with Gasteiger partial charge in [0, 0.05) is 6.42 Å². The minimum Gasteiger partial charge on any atom is -0.481 e. The summed E-state index contributed by atoms with van der Waals surface area (Å²) in [6.07, 6.45) is 1.93. The van der Waals surface area contributed by atoms with Gasteiger partial charge in [0.1, 0.15) is 5.41 Å². The number of carbonyl (C=O) groups is 3. The molecule has 0 amide bonds. The first-order chi connectivity index (χ1) is 10.9. The smallest absolute Gasteiger partial charge is 0.319 e. The lowest BCUT2D eigenvalue weighted by Gasteiger charge is -2.25. The number of hydrogen-bond acceptors (Lipinski definition) is 4. The number of esters is 1. The van der Waals surface area contributed by atoms with Gasteiger partial charge in [0.25, 0.3) is 0 Å². The Balaban J connectivity index is 2.22. The molecule has 5 nitrogen and oxygen atoms in total. The molecule has 23 heavy (non-hydrogen) atoms. The molecule has 2 unspecified atom stereocenters. The van der Waals surface area contributed by atoms with E-state index < -0.39 is 23.3 Å². The average Bonchev–Trinajstić information content (AvgIpc) is 2.89. The summed E-state index contributed by atoms with van der Waals surface area (Å²) in [5.74, 6) is -1.97. The Hall–Kier alpha value is -2.17. The van der Waals surface area contributed by atoms with Crippen LogP contribution in [0.5, 0.6) is 0 Å². The van der Waals surface area contributed by atoms with E-state index in [2.05, 4.69) is 0 Å². The van der Waals surface area contributed by atoms with Gasteiger partial charge in [-0.1, -0.05) is 24.3 Å². The van der Waals surface area contributed by atoms with Crippen LogP contribution in [0.1, 0.15) is 50.2 Å². The highest BCUT2D eigenvalue weighted by Crippen LogP contribution is 2.39. The van der Waals surface area contributed by atoms with Crippen LogP contribution in [-0.4, -0.2) is 29.4 Å². The normalized spacial score (nSPS) is 21.9. The number of rotatable bonds is 6. The van der Waals surface area contributed by atoms with Crippen LogP contribution in [-0.2, 0) is 25.5 Å². The number of Topliss-reactive ketones (excluding diaryl/α,β-unsaturated/α-hetero) is 1. The third-order valence-electron chi connectivity index (χ3n) is 4.56. The van der Waals surface area contributed by atoms with Gasteiger partial charge in [-0.2, -0.15) is 0 Å². The van der Waals surface area contributed by atoms with Crippen molar-refractivity contribution in [2.45, 2.75) is 45.4 Å². The molecule has 1 aromatic carbocycles. The third-order valence-corrected chi connectivity index (χ3v) is 4.56. The molecule has 0 aliphatic heterocycles. The van der Waals surface area contributed by atoms with Gasteiger partial charge in [-0.05, 0) is 44.2 Å². The molecule has 0 saturated heterocycles. The Morgan fingerprint density at radius 3 is 2.43 bits per heavy atom. The van der Waals surface area contributed by atoms with Gasteiger partial charge in [-0.25, -0.2) is 0 Å². The van der Waals surface area contributed by atoms with Crippen molar-refractivity contribution < 1.29 is 24.2 Å². The standard InChI is InChI=1S/C18H22O5/c1-3-23-17(22)18(10-4-5-15(18)19)11-13-6-8-14(9-7-13)12(2)16(20)21/h6-9,12H,3-5,10-11H2,1-2H3,(H,20,21). The zero-order valence-corrected chi connectivity index (χ0v) is 13.5. The summed E-state index contributed by atoms with van der Waals surface area (Å²) in [5.41, 5.74) is 0.467. The molecule has 2 rings (SSSR count). The van der Waals surface area contributed by atoms with Crippen LogP contribution in [0.15, 0.2) is 24.3 Å². The average molecular weight is 318 g/mol.